The van der Waals surface area contributed by atoms with Crippen molar-refractivity contribution in [3.05, 3.63) is 106 Å². The monoisotopic (exact) mass is 687 g/mol. The van der Waals surface area contributed by atoms with Crippen LogP contribution in [0.15, 0.2) is 93.9 Å². The highest BCUT2D eigenvalue weighted by atomic mass is 32.3. The van der Waals surface area contributed by atoms with Gasteiger partial charge < -0.3 is 24.7 Å². The summed E-state index contributed by atoms with van der Waals surface area (Å²) in [5.74, 6) is -2.98. The molecule has 0 spiro atoms. The van der Waals surface area contributed by atoms with E-state index in [1.165, 1.54) is 18.2 Å². The van der Waals surface area contributed by atoms with E-state index >= 15 is 0 Å². The molecule has 0 saturated carbocycles. The molecule has 13 heteroatoms. The van der Waals surface area contributed by atoms with E-state index in [0.29, 0.717) is 39.8 Å². The number of halogens is 1. The van der Waals surface area contributed by atoms with Crippen LogP contribution in [-0.2, 0) is 15.0 Å². The molecule has 0 radical (unpaired) electrons. The third-order valence-electron chi connectivity index (χ3n) is 8.41. The van der Waals surface area contributed by atoms with Crippen LogP contribution in [-0.4, -0.2) is 68.4 Å². The van der Waals surface area contributed by atoms with Gasteiger partial charge in [-0.3, -0.25) is 4.79 Å². The maximum atomic E-state index is 13.5. The molecule has 0 bridgehead atoms. The molecule has 0 atom stereocenters. The van der Waals surface area contributed by atoms with Gasteiger partial charge in [0.05, 0.1) is 27.3 Å². The van der Waals surface area contributed by atoms with Crippen molar-refractivity contribution >= 4 is 50.7 Å². The Morgan fingerprint density at radius 1 is 0.755 bits per heavy atom. The first kappa shape index (κ1) is 34.8. The Kier molecular flexibility index (Phi) is 9.85. The number of rotatable bonds is 10. The van der Waals surface area contributed by atoms with Crippen LogP contribution in [0.3, 0.4) is 0 Å². The second kappa shape index (κ2) is 13.9. The molecule has 49 heavy (non-hydrogen) atoms. The molecule has 3 aromatic rings. The SMILES string of the molecule is CCN(CC)c1ccc2c(c1)Oc1cc(N(CC)CC)ccc1C2=C1C=CC(=NC(=O)c2ccc(S(=O)(=O)F)cc2C(=O)O)C=C1C(=O)O. The predicted octanol–water partition coefficient (Wildman–Crippen LogP) is 6.51. The fourth-order valence-electron chi connectivity index (χ4n) is 5.94. The third-order valence-corrected chi connectivity index (χ3v) is 9.23. The number of fused-ring (bicyclic) bond motifs is 2. The number of benzene rings is 3. The van der Waals surface area contributed by atoms with Crippen LogP contribution in [0.25, 0.3) is 5.57 Å². The summed E-state index contributed by atoms with van der Waals surface area (Å²) in [6.07, 6.45) is 4.15. The highest BCUT2D eigenvalue weighted by Crippen LogP contribution is 2.49. The number of hydrogen-bond acceptors (Lipinski definition) is 8. The molecule has 11 nitrogen and oxygen atoms in total. The van der Waals surface area contributed by atoms with Crippen LogP contribution in [0.5, 0.6) is 11.5 Å². The number of carbonyl (C=O) groups excluding carboxylic acids is 1. The Balaban J connectivity index is 1.67. The van der Waals surface area contributed by atoms with Gasteiger partial charge in [-0.05, 0) is 87.9 Å². The Hall–Kier alpha value is -5.56. The van der Waals surface area contributed by atoms with Gasteiger partial charge in [0.1, 0.15) is 11.5 Å². The number of carboxylic acid groups (broad SMARTS) is 2. The van der Waals surface area contributed by atoms with Gasteiger partial charge in [0, 0.05) is 66.4 Å². The first-order chi connectivity index (χ1) is 23.3. The number of nitrogens with zero attached hydrogens (tertiary/aromatic N) is 3. The number of aromatic carboxylic acids is 1. The number of carboxylic acids is 2. The van der Waals surface area contributed by atoms with Crippen LogP contribution in [0.2, 0.25) is 0 Å². The fourth-order valence-corrected chi connectivity index (χ4v) is 6.43. The zero-order chi connectivity index (χ0) is 35.6. The van der Waals surface area contributed by atoms with Crippen molar-refractivity contribution < 1.29 is 41.6 Å². The van der Waals surface area contributed by atoms with Gasteiger partial charge in [-0.25, -0.2) is 14.6 Å². The number of allylic oxidation sites excluding steroid dienone is 3. The summed E-state index contributed by atoms with van der Waals surface area (Å²) in [6.45, 7) is 11.3. The van der Waals surface area contributed by atoms with Crippen LogP contribution in [0, 0.1) is 0 Å². The van der Waals surface area contributed by atoms with Crippen molar-refractivity contribution in [2.45, 2.75) is 32.6 Å². The maximum absolute atomic E-state index is 13.5. The van der Waals surface area contributed by atoms with Gasteiger partial charge in [-0.1, -0.05) is 6.08 Å². The average molecular weight is 688 g/mol. The van der Waals surface area contributed by atoms with Crippen molar-refractivity contribution in [1.29, 1.82) is 0 Å². The number of carbonyl (C=O) groups is 3. The van der Waals surface area contributed by atoms with Gasteiger partial charge in [-0.15, -0.1) is 3.89 Å². The van der Waals surface area contributed by atoms with Gasteiger partial charge in [-0.2, -0.15) is 8.42 Å². The van der Waals surface area contributed by atoms with E-state index in [2.05, 4.69) is 42.5 Å². The van der Waals surface area contributed by atoms with Crippen molar-refractivity contribution in [3.8, 4) is 11.5 Å². The molecule has 1 aliphatic carbocycles. The van der Waals surface area contributed by atoms with Gasteiger partial charge in [0.25, 0.3) is 5.91 Å². The smallest absolute Gasteiger partial charge is 0.336 e. The van der Waals surface area contributed by atoms with Crippen LogP contribution in [0.1, 0.15) is 59.5 Å². The van der Waals surface area contributed by atoms with E-state index < -0.39 is 44.1 Å². The highest BCUT2D eigenvalue weighted by Gasteiger charge is 2.30. The molecule has 5 rings (SSSR count). The summed E-state index contributed by atoms with van der Waals surface area (Å²) in [4.78, 5) is 45.0. The Morgan fingerprint density at radius 2 is 1.31 bits per heavy atom. The van der Waals surface area contributed by atoms with E-state index in [1.54, 1.807) is 0 Å². The molecular weight excluding hydrogens is 653 g/mol. The molecule has 0 saturated heterocycles. The molecule has 0 aromatic heterocycles. The van der Waals surface area contributed by atoms with E-state index in [4.69, 9.17) is 4.74 Å². The third kappa shape index (κ3) is 6.88. The minimum atomic E-state index is -5.24. The molecule has 254 valence electrons. The normalized spacial score (nSPS) is 14.5. The van der Waals surface area contributed by atoms with Gasteiger partial charge in [0.2, 0.25) is 0 Å². The first-order valence-electron chi connectivity index (χ1n) is 15.6. The highest BCUT2D eigenvalue weighted by molar-refractivity contribution is 7.86. The van der Waals surface area contributed by atoms with E-state index in [0.717, 1.165) is 49.7 Å². The minimum absolute atomic E-state index is 0.0912. The second-order valence-corrected chi connectivity index (χ2v) is 12.4. The summed E-state index contributed by atoms with van der Waals surface area (Å²) in [5.41, 5.74) is 2.59. The second-order valence-electron chi connectivity index (χ2n) is 11.1. The van der Waals surface area contributed by atoms with Gasteiger partial charge in [0.15, 0.2) is 0 Å². The Bertz CT molecular complexity index is 2050. The lowest BCUT2D eigenvalue weighted by molar-refractivity contribution is -0.132. The maximum Gasteiger partial charge on any atom is 0.336 e. The van der Waals surface area contributed by atoms with Crippen molar-refractivity contribution in [2.75, 3.05) is 36.0 Å². The zero-order valence-corrected chi connectivity index (χ0v) is 28.0. The Morgan fingerprint density at radius 3 is 1.78 bits per heavy atom. The molecule has 0 unspecified atom stereocenters. The van der Waals surface area contributed by atoms with E-state index in [1.807, 2.05) is 36.4 Å². The molecule has 0 fully saturated rings. The Labute approximate surface area is 283 Å². The summed E-state index contributed by atoms with van der Waals surface area (Å²) >= 11 is 0. The summed E-state index contributed by atoms with van der Waals surface area (Å²) in [7, 11) is -5.24. The van der Waals surface area contributed by atoms with E-state index in [9.17, 15) is 36.9 Å². The van der Waals surface area contributed by atoms with Crippen molar-refractivity contribution in [1.82, 2.24) is 0 Å². The summed E-state index contributed by atoms with van der Waals surface area (Å²) in [5, 5.41) is 20.0. The fraction of sp³-hybridized carbons (Fsp3) is 0.222. The predicted molar refractivity (Wildman–Crippen MR) is 184 cm³/mol. The molecule has 1 aliphatic heterocycles. The molecule has 3 aromatic carbocycles. The van der Waals surface area contributed by atoms with Gasteiger partial charge >= 0.3 is 22.2 Å². The first-order valence-corrected chi connectivity index (χ1v) is 17.0. The van der Waals surface area contributed by atoms with Crippen LogP contribution >= 0.6 is 0 Å². The number of anilines is 2. The van der Waals surface area contributed by atoms with Crippen LogP contribution in [0.4, 0.5) is 15.3 Å². The zero-order valence-electron chi connectivity index (χ0n) is 27.2. The molecular formula is C36H34FN3O8S. The standard InChI is InChI=1S/C36H34FN3O8S/c1-5-39(6-2)22-10-14-27-31(18-22)48-32-19-23(40(7-3)8-4)11-15-28(32)33(27)25-13-9-21(17-29(25)35(42)43)38-34(41)26-16-12-24(49(37,46)47)20-30(26)36(44)45/h9-20H,5-8H2,1-4H3,(H,42,43)(H,44,45). The molecule has 1 heterocycles. The summed E-state index contributed by atoms with van der Waals surface area (Å²) < 4.78 is 42.6. The largest absolute Gasteiger partial charge is 0.478 e. The lowest BCUT2D eigenvalue weighted by atomic mass is 9.84. The lowest BCUT2D eigenvalue weighted by Crippen LogP contribution is -2.22. The number of amides is 1. The van der Waals surface area contributed by atoms with Crippen LogP contribution < -0.4 is 14.5 Å². The number of aliphatic carboxylic acids is 1. The summed E-state index contributed by atoms with van der Waals surface area (Å²) in [6, 6.07) is 13.7. The molecule has 1 amide bonds. The van der Waals surface area contributed by atoms with Crippen molar-refractivity contribution in [2.24, 2.45) is 4.99 Å². The lowest BCUT2D eigenvalue weighted by Gasteiger charge is -2.30. The topological polar surface area (TPSA) is 154 Å². The number of ether oxygens (including phenoxy) is 1. The molecule has 2 aliphatic rings. The average Bonchev–Trinajstić information content (AvgIpc) is 3.07. The van der Waals surface area contributed by atoms with E-state index in [-0.39, 0.29) is 11.3 Å². The molecule has 2 N–H and O–H groups in total. The van der Waals surface area contributed by atoms with Crippen molar-refractivity contribution in [3.63, 3.8) is 0 Å². The number of aliphatic imine (C=N–C) groups is 1. The number of hydrogen-bond donors (Lipinski definition) is 2. The quantitative estimate of drug-likeness (QED) is 0.177. The minimum Gasteiger partial charge on any atom is -0.478 e.